The molecule has 0 unspecified atom stereocenters. The van der Waals surface area contributed by atoms with Gasteiger partial charge in [-0.1, -0.05) is 12.1 Å². The van der Waals surface area contributed by atoms with Crippen molar-refractivity contribution in [2.75, 3.05) is 7.11 Å². The lowest BCUT2D eigenvalue weighted by Crippen LogP contribution is -2.10. The van der Waals surface area contributed by atoms with Crippen LogP contribution in [0.25, 0.3) is 0 Å². The number of aryl methyl sites for hydroxylation is 1. The molecular formula is C19H18N2O3. The summed E-state index contributed by atoms with van der Waals surface area (Å²) in [6, 6.07) is 11.1. The predicted molar refractivity (Wildman–Crippen MR) is 87.8 cm³/mol. The summed E-state index contributed by atoms with van der Waals surface area (Å²) in [6.45, 7) is 2.18. The maximum Gasteiger partial charge on any atom is 0.339 e. The summed E-state index contributed by atoms with van der Waals surface area (Å²) in [5.41, 5.74) is 3.51. The molecule has 0 bridgehead atoms. The highest BCUT2D eigenvalue weighted by molar-refractivity contribution is 5.91. The fourth-order valence-corrected chi connectivity index (χ4v) is 2.58. The van der Waals surface area contributed by atoms with Gasteiger partial charge in [0, 0.05) is 5.92 Å². The molecular weight excluding hydrogens is 304 g/mol. The van der Waals surface area contributed by atoms with E-state index in [1.807, 2.05) is 19.1 Å². The Morgan fingerprint density at radius 3 is 2.83 bits per heavy atom. The van der Waals surface area contributed by atoms with Gasteiger partial charge in [0.15, 0.2) is 0 Å². The van der Waals surface area contributed by atoms with E-state index >= 15 is 0 Å². The van der Waals surface area contributed by atoms with E-state index in [1.54, 1.807) is 18.2 Å². The number of aromatic nitrogens is 1. The Balaban J connectivity index is 1.84. The number of benzene rings is 1. The maximum atomic E-state index is 12.0. The van der Waals surface area contributed by atoms with Crippen LogP contribution >= 0.6 is 0 Å². The zero-order valence-corrected chi connectivity index (χ0v) is 13.7. The fraction of sp³-hybridized carbons (Fsp3) is 0.316. The average Bonchev–Trinajstić information content (AvgIpc) is 3.45. The van der Waals surface area contributed by atoms with Crippen LogP contribution in [0, 0.1) is 18.3 Å². The van der Waals surface area contributed by atoms with E-state index in [-0.39, 0.29) is 5.97 Å². The van der Waals surface area contributed by atoms with Crippen LogP contribution in [0.4, 0.5) is 0 Å². The predicted octanol–water partition coefficient (Wildman–Crippen LogP) is 3.50. The van der Waals surface area contributed by atoms with Crippen molar-refractivity contribution in [1.82, 2.24) is 4.98 Å². The third kappa shape index (κ3) is 3.38. The molecule has 0 N–H and O–H groups in total. The van der Waals surface area contributed by atoms with E-state index < -0.39 is 0 Å². The molecule has 1 fully saturated rings. The monoisotopic (exact) mass is 322 g/mol. The van der Waals surface area contributed by atoms with E-state index in [9.17, 15) is 4.79 Å². The Labute approximate surface area is 140 Å². The van der Waals surface area contributed by atoms with E-state index in [0.29, 0.717) is 29.4 Å². The van der Waals surface area contributed by atoms with Gasteiger partial charge in [0.1, 0.15) is 12.4 Å². The van der Waals surface area contributed by atoms with Gasteiger partial charge in [-0.2, -0.15) is 5.26 Å². The molecule has 5 heteroatoms. The number of nitrogens with zero attached hydrogens (tertiary/aromatic N) is 2. The van der Waals surface area contributed by atoms with E-state index in [4.69, 9.17) is 14.7 Å². The fourth-order valence-electron chi connectivity index (χ4n) is 2.58. The second-order valence-corrected chi connectivity index (χ2v) is 5.87. The lowest BCUT2D eigenvalue weighted by Gasteiger charge is -2.13. The largest absolute Gasteiger partial charge is 0.487 e. The molecule has 5 nitrogen and oxygen atoms in total. The Morgan fingerprint density at radius 2 is 2.17 bits per heavy atom. The minimum Gasteiger partial charge on any atom is -0.487 e. The quantitative estimate of drug-likeness (QED) is 0.788. The first-order chi connectivity index (χ1) is 11.6. The molecule has 1 aliphatic rings. The van der Waals surface area contributed by atoms with Crippen LogP contribution < -0.4 is 4.74 Å². The van der Waals surface area contributed by atoms with Crippen LogP contribution in [0.3, 0.4) is 0 Å². The van der Waals surface area contributed by atoms with Crippen molar-refractivity contribution in [2.45, 2.75) is 32.3 Å². The van der Waals surface area contributed by atoms with Gasteiger partial charge >= 0.3 is 5.97 Å². The number of methoxy groups -OCH3 is 1. The summed E-state index contributed by atoms with van der Waals surface area (Å²) in [5, 5.41) is 8.95. The Hall–Kier alpha value is -2.87. The smallest absolute Gasteiger partial charge is 0.339 e. The lowest BCUT2D eigenvalue weighted by molar-refractivity contribution is 0.0598. The number of carbonyl (C=O) groups excluding carboxylic acids is 1. The third-order valence-electron chi connectivity index (χ3n) is 4.02. The standard InChI is InChI=1S/C19H18N2O3/c1-12-17(24-11-14-5-3-4-13(8-14)10-20)9-16(19(22)23-2)18(21-12)15-6-7-15/h3-5,8-9,15H,6-7,11H2,1-2H3. The maximum absolute atomic E-state index is 12.0. The summed E-state index contributed by atoms with van der Waals surface area (Å²) >= 11 is 0. The van der Waals surface area contributed by atoms with Gasteiger partial charge in [-0.15, -0.1) is 0 Å². The number of pyridine rings is 1. The van der Waals surface area contributed by atoms with Gasteiger partial charge in [0.2, 0.25) is 0 Å². The molecule has 0 saturated heterocycles. The highest BCUT2D eigenvalue weighted by Crippen LogP contribution is 2.42. The molecule has 0 spiro atoms. The topological polar surface area (TPSA) is 72.2 Å². The molecule has 3 rings (SSSR count). The van der Waals surface area contributed by atoms with Crippen LogP contribution in [0.1, 0.15) is 51.6 Å². The summed E-state index contributed by atoms with van der Waals surface area (Å²) in [4.78, 5) is 16.6. The van der Waals surface area contributed by atoms with Crippen LogP contribution in [0.15, 0.2) is 30.3 Å². The molecule has 2 aromatic rings. The van der Waals surface area contributed by atoms with Gasteiger partial charge in [0.05, 0.1) is 35.7 Å². The lowest BCUT2D eigenvalue weighted by atomic mass is 10.1. The van der Waals surface area contributed by atoms with Crippen molar-refractivity contribution in [3.63, 3.8) is 0 Å². The molecule has 24 heavy (non-hydrogen) atoms. The number of carbonyl (C=O) groups is 1. The van der Waals surface area contributed by atoms with Gasteiger partial charge < -0.3 is 9.47 Å². The highest BCUT2D eigenvalue weighted by Gasteiger charge is 2.31. The van der Waals surface area contributed by atoms with Crippen molar-refractivity contribution >= 4 is 5.97 Å². The minimum atomic E-state index is -0.388. The number of rotatable bonds is 5. The number of esters is 1. The van der Waals surface area contributed by atoms with E-state index in [1.165, 1.54) is 7.11 Å². The molecule has 0 aliphatic heterocycles. The SMILES string of the molecule is COC(=O)c1cc(OCc2cccc(C#N)c2)c(C)nc1C1CC1. The van der Waals surface area contributed by atoms with Crippen molar-refractivity contribution in [2.24, 2.45) is 0 Å². The molecule has 1 aromatic carbocycles. The van der Waals surface area contributed by atoms with E-state index in [2.05, 4.69) is 11.1 Å². The molecule has 0 atom stereocenters. The summed E-state index contributed by atoms with van der Waals surface area (Å²) in [6.07, 6.45) is 2.11. The van der Waals surface area contributed by atoms with Crippen molar-refractivity contribution < 1.29 is 14.3 Å². The first-order valence-corrected chi connectivity index (χ1v) is 7.84. The molecule has 1 saturated carbocycles. The average molecular weight is 322 g/mol. The zero-order valence-electron chi connectivity index (χ0n) is 13.7. The summed E-state index contributed by atoms with van der Waals surface area (Å²) in [7, 11) is 1.37. The minimum absolute atomic E-state index is 0.307. The zero-order chi connectivity index (χ0) is 17.1. The molecule has 0 radical (unpaired) electrons. The Morgan fingerprint density at radius 1 is 1.38 bits per heavy atom. The first-order valence-electron chi connectivity index (χ1n) is 7.84. The first kappa shape index (κ1) is 16.0. The van der Waals surface area contributed by atoms with Gasteiger partial charge in [-0.05, 0) is 43.5 Å². The molecule has 1 aromatic heterocycles. The Bertz CT molecular complexity index is 820. The summed E-state index contributed by atoms with van der Waals surface area (Å²) in [5.74, 6) is 0.516. The van der Waals surface area contributed by atoms with Crippen LogP contribution in [0.5, 0.6) is 5.75 Å². The second kappa shape index (κ2) is 6.71. The van der Waals surface area contributed by atoms with Crippen molar-refractivity contribution in [3.05, 3.63) is 58.4 Å². The van der Waals surface area contributed by atoms with Crippen molar-refractivity contribution in [3.8, 4) is 11.8 Å². The number of ether oxygens (including phenoxy) is 2. The molecule has 122 valence electrons. The normalized spacial score (nSPS) is 13.2. The van der Waals surface area contributed by atoms with Crippen LogP contribution in [-0.2, 0) is 11.3 Å². The highest BCUT2D eigenvalue weighted by atomic mass is 16.5. The summed E-state index contributed by atoms with van der Waals surface area (Å²) < 4.78 is 10.7. The van der Waals surface area contributed by atoms with Gasteiger partial charge in [0.25, 0.3) is 0 Å². The third-order valence-corrected chi connectivity index (χ3v) is 4.02. The molecule has 1 heterocycles. The van der Waals surface area contributed by atoms with Gasteiger partial charge in [-0.3, -0.25) is 4.98 Å². The number of hydrogen-bond acceptors (Lipinski definition) is 5. The molecule has 1 aliphatic carbocycles. The second-order valence-electron chi connectivity index (χ2n) is 5.87. The van der Waals surface area contributed by atoms with Crippen LogP contribution in [0.2, 0.25) is 0 Å². The number of nitriles is 1. The van der Waals surface area contributed by atoms with E-state index in [0.717, 1.165) is 29.8 Å². The molecule has 0 amide bonds. The van der Waals surface area contributed by atoms with Gasteiger partial charge in [-0.25, -0.2) is 4.79 Å². The number of hydrogen-bond donors (Lipinski definition) is 0. The van der Waals surface area contributed by atoms with Crippen LogP contribution in [-0.4, -0.2) is 18.1 Å². The Kier molecular flexibility index (Phi) is 4.48. The van der Waals surface area contributed by atoms with Crippen molar-refractivity contribution in [1.29, 1.82) is 5.26 Å².